The lowest BCUT2D eigenvalue weighted by atomic mass is 10.1. The Balaban J connectivity index is 1.72. The van der Waals surface area contributed by atoms with Crippen LogP contribution < -0.4 is 0 Å². The predicted molar refractivity (Wildman–Crippen MR) is 101 cm³/mol. The first-order valence-corrected chi connectivity index (χ1v) is 10.3. The van der Waals surface area contributed by atoms with Crippen LogP contribution in [0.4, 0.5) is 0 Å². The molecule has 0 N–H and O–H groups in total. The van der Waals surface area contributed by atoms with Gasteiger partial charge in [-0.05, 0) is 19.6 Å². The van der Waals surface area contributed by atoms with Gasteiger partial charge in [0.2, 0.25) is 5.91 Å². The van der Waals surface area contributed by atoms with Crippen molar-refractivity contribution in [2.45, 2.75) is 33.4 Å². The maximum atomic E-state index is 12.6. The summed E-state index contributed by atoms with van der Waals surface area (Å²) in [6.07, 6.45) is 0. The van der Waals surface area contributed by atoms with Crippen LogP contribution in [-0.4, -0.2) is 75.7 Å². The van der Waals surface area contributed by atoms with Crippen molar-refractivity contribution >= 4 is 17.7 Å². The van der Waals surface area contributed by atoms with Gasteiger partial charge in [-0.3, -0.25) is 9.69 Å². The molecule has 0 unspecified atom stereocenters. The Morgan fingerprint density at radius 1 is 1.28 bits per heavy atom. The van der Waals surface area contributed by atoms with Crippen molar-refractivity contribution in [2.75, 3.05) is 44.4 Å². The lowest BCUT2D eigenvalue weighted by Crippen LogP contribution is -2.47. The summed E-state index contributed by atoms with van der Waals surface area (Å²) < 4.78 is 8.03. The minimum absolute atomic E-state index is 0.153. The molecule has 140 valence electrons. The molecule has 0 spiro atoms. The van der Waals surface area contributed by atoms with Crippen molar-refractivity contribution < 1.29 is 9.53 Å². The standard InChI is InChI=1S/C18H30N4O2S/c1-5-25-12-18(23)22-7-15-6-21(8-16(22)11-24-10-15)9-17-19-13(2)14(3)20(17)4/h15-16H,5-12H2,1-4H3/t15-,16-/m0/s1. The average Bonchev–Trinajstić information content (AvgIpc) is 2.78. The second-order valence-corrected chi connectivity index (χ2v) is 8.47. The molecule has 2 fully saturated rings. The van der Waals surface area contributed by atoms with Crippen molar-refractivity contribution in [2.24, 2.45) is 13.0 Å². The van der Waals surface area contributed by atoms with Crippen molar-refractivity contribution in [3.63, 3.8) is 0 Å². The minimum atomic E-state index is 0.153. The number of carbonyl (C=O) groups excluding carboxylic acids is 1. The molecule has 3 heterocycles. The van der Waals surface area contributed by atoms with Gasteiger partial charge in [0.15, 0.2) is 0 Å². The molecule has 7 heteroatoms. The quantitative estimate of drug-likeness (QED) is 0.789. The van der Waals surface area contributed by atoms with E-state index < -0.39 is 0 Å². The molecule has 0 saturated carbocycles. The van der Waals surface area contributed by atoms with Gasteiger partial charge < -0.3 is 14.2 Å². The third kappa shape index (κ3) is 4.20. The molecule has 1 amide bonds. The normalized spacial score (nSPS) is 24.4. The fraction of sp³-hybridized carbons (Fsp3) is 0.778. The van der Waals surface area contributed by atoms with Crippen molar-refractivity contribution in [3.8, 4) is 0 Å². The number of ether oxygens (including phenoxy) is 1. The zero-order valence-corrected chi connectivity index (χ0v) is 16.6. The van der Waals surface area contributed by atoms with Gasteiger partial charge in [0, 0.05) is 38.3 Å². The van der Waals surface area contributed by atoms with E-state index in [0.29, 0.717) is 18.3 Å². The van der Waals surface area contributed by atoms with Crippen LogP contribution in [0.25, 0.3) is 0 Å². The molecule has 1 aromatic rings. The van der Waals surface area contributed by atoms with Gasteiger partial charge in [-0.2, -0.15) is 11.8 Å². The molecule has 2 aliphatic heterocycles. The third-order valence-electron chi connectivity index (χ3n) is 5.37. The summed E-state index contributed by atoms with van der Waals surface area (Å²) in [5.41, 5.74) is 2.32. The number of thioether (sulfide) groups is 1. The first-order valence-electron chi connectivity index (χ1n) is 9.15. The van der Waals surface area contributed by atoms with Crippen LogP contribution in [0.3, 0.4) is 0 Å². The molecule has 0 aliphatic carbocycles. The molecule has 1 aromatic heterocycles. The number of carbonyl (C=O) groups is 1. The van der Waals surface area contributed by atoms with E-state index in [1.165, 1.54) is 5.69 Å². The largest absolute Gasteiger partial charge is 0.379 e. The van der Waals surface area contributed by atoms with Gasteiger partial charge in [0.25, 0.3) is 0 Å². The molecule has 2 saturated heterocycles. The summed E-state index contributed by atoms with van der Waals surface area (Å²) in [4.78, 5) is 21.9. The van der Waals surface area contributed by atoms with Gasteiger partial charge in [-0.25, -0.2) is 4.98 Å². The molecule has 0 aromatic carbocycles. The molecule has 25 heavy (non-hydrogen) atoms. The first kappa shape index (κ1) is 18.7. The van der Waals surface area contributed by atoms with Crippen molar-refractivity contribution in [1.82, 2.24) is 19.4 Å². The van der Waals surface area contributed by atoms with Crippen LogP contribution in [-0.2, 0) is 23.1 Å². The van der Waals surface area contributed by atoms with E-state index in [4.69, 9.17) is 9.72 Å². The Hall–Kier alpha value is -1.05. The van der Waals surface area contributed by atoms with Gasteiger partial charge in [-0.1, -0.05) is 6.92 Å². The van der Waals surface area contributed by atoms with Crippen LogP contribution in [0.2, 0.25) is 0 Å². The number of hydrogen-bond donors (Lipinski definition) is 0. The Morgan fingerprint density at radius 3 is 2.76 bits per heavy atom. The smallest absolute Gasteiger partial charge is 0.232 e. The van der Waals surface area contributed by atoms with E-state index in [9.17, 15) is 4.79 Å². The number of aromatic nitrogens is 2. The monoisotopic (exact) mass is 366 g/mol. The van der Waals surface area contributed by atoms with E-state index in [2.05, 4.69) is 42.2 Å². The maximum absolute atomic E-state index is 12.6. The maximum Gasteiger partial charge on any atom is 0.232 e. The Bertz CT molecular complexity index is 618. The van der Waals surface area contributed by atoms with E-state index in [1.54, 1.807) is 11.8 Å². The van der Waals surface area contributed by atoms with Gasteiger partial charge in [0.05, 0.1) is 37.2 Å². The van der Waals surface area contributed by atoms with E-state index in [1.807, 2.05) is 0 Å². The predicted octanol–water partition coefficient (Wildman–Crippen LogP) is 1.45. The van der Waals surface area contributed by atoms with Gasteiger partial charge in [-0.15, -0.1) is 0 Å². The summed E-state index contributed by atoms with van der Waals surface area (Å²) in [5.74, 6) is 3.31. The number of amides is 1. The number of nitrogens with zero attached hydrogens (tertiary/aromatic N) is 4. The molecule has 6 nitrogen and oxygen atoms in total. The van der Waals surface area contributed by atoms with Crippen molar-refractivity contribution in [3.05, 3.63) is 17.2 Å². The fourth-order valence-corrected chi connectivity index (χ4v) is 4.32. The lowest BCUT2D eigenvalue weighted by molar-refractivity contribution is -0.131. The van der Waals surface area contributed by atoms with Crippen LogP contribution in [0.5, 0.6) is 0 Å². The Kier molecular flexibility index (Phi) is 6.07. The van der Waals surface area contributed by atoms with Crippen LogP contribution >= 0.6 is 11.8 Å². The van der Waals surface area contributed by atoms with E-state index >= 15 is 0 Å². The fourth-order valence-electron chi connectivity index (χ4n) is 3.77. The van der Waals surface area contributed by atoms with Gasteiger partial charge >= 0.3 is 0 Å². The summed E-state index contributed by atoms with van der Waals surface area (Å²) in [6, 6.07) is 0.153. The molecular weight excluding hydrogens is 336 g/mol. The number of aryl methyl sites for hydroxylation is 1. The zero-order chi connectivity index (χ0) is 18.0. The van der Waals surface area contributed by atoms with Gasteiger partial charge in [0.1, 0.15) is 5.82 Å². The van der Waals surface area contributed by atoms with Crippen molar-refractivity contribution in [1.29, 1.82) is 0 Å². The number of rotatable bonds is 5. The highest BCUT2D eigenvalue weighted by atomic mass is 32.2. The minimum Gasteiger partial charge on any atom is -0.379 e. The van der Waals surface area contributed by atoms with Crippen LogP contribution in [0.1, 0.15) is 24.1 Å². The summed E-state index contributed by atoms with van der Waals surface area (Å²) in [7, 11) is 2.09. The highest BCUT2D eigenvalue weighted by Crippen LogP contribution is 2.22. The highest BCUT2D eigenvalue weighted by molar-refractivity contribution is 7.99. The second-order valence-electron chi connectivity index (χ2n) is 7.19. The zero-order valence-electron chi connectivity index (χ0n) is 15.8. The average molecular weight is 367 g/mol. The van der Waals surface area contributed by atoms with Crippen LogP contribution in [0.15, 0.2) is 0 Å². The SMILES string of the molecule is CCSCC(=O)N1C[C@H]2COC[C@@H]1CN(Cc1nc(C)c(C)n1C)C2. The molecule has 3 rings (SSSR count). The Labute approximate surface area is 154 Å². The summed E-state index contributed by atoms with van der Waals surface area (Å²) >= 11 is 1.70. The summed E-state index contributed by atoms with van der Waals surface area (Å²) in [6.45, 7) is 11.2. The first-order chi connectivity index (χ1) is 12.0. The molecule has 2 bridgehead atoms. The second kappa shape index (κ2) is 8.10. The van der Waals surface area contributed by atoms with E-state index in [0.717, 1.165) is 50.1 Å². The molecule has 2 atom stereocenters. The molecule has 2 aliphatic rings. The topological polar surface area (TPSA) is 50.6 Å². The van der Waals surface area contributed by atoms with E-state index in [-0.39, 0.29) is 11.9 Å². The summed E-state index contributed by atoms with van der Waals surface area (Å²) in [5, 5.41) is 0. The molecular formula is C18H30N4O2S. The Morgan fingerprint density at radius 2 is 2.08 bits per heavy atom. The molecule has 0 radical (unpaired) electrons. The number of imidazole rings is 1. The number of hydrogen-bond acceptors (Lipinski definition) is 5. The van der Waals surface area contributed by atoms with Crippen LogP contribution in [0, 0.1) is 19.8 Å². The number of fused-ring (bicyclic) bond motifs is 3. The third-order valence-corrected chi connectivity index (χ3v) is 6.23. The highest BCUT2D eigenvalue weighted by Gasteiger charge is 2.35. The lowest BCUT2D eigenvalue weighted by Gasteiger charge is -2.31.